The Morgan fingerprint density at radius 3 is 3.05 bits per heavy atom. The molecule has 3 N–H and O–H groups in total. The van der Waals surface area contributed by atoms with E-state index in [1.54, 1.807) is 10.9 Å². The molecule has 0 spiro atoms. The first-order valence-corrected chi connectivity index (χ1v) is 6.39. The molecule has 7 nitrogen and oxygen atoms in total. The summed E-state index contributed by atoms with van der Waals surface area (Å²) in [6.45, 7) is 2.06. The van der Waals surface area contributed by atoms with E-state index in [0.717, 1.165) is 6.42 Å². The zero-order chi connectivity index (χ0) is 13.6. The van der Waals surface area contributed by atoms with Crippen LogP contribution in [0.15, 0.2) is 6.33 Å². The molecule has 102 valence electrons. The van der Waals surface area contributed by atoms with Crippen LogP contribution in [0.4, 0.5) is 5.95 Å². The largest absolute Gasteiger partial charge is 0.394 e. The summed E-state index contributed by atoms with van der Waals surface area (Å²) >= 11 is 5.99. The van der Waals surface area contributed by atoms with Crippen LogP contribution < -0.4 is 5.73 Å². The first-order chi connectivity index (χ1) is 9.10. The van der Waals surface area contributed by atoms with Crippen molar-refractivity contribution in [1.29, 1.82) is 0 Å². The zero-order valence-corrected chi connectivity index (χ0v) is 11.1. The molecule has 3 heterocycles. The Hall–Kier alpha value is -1.44. The fourth-order valence-corrected chi connectivity index (χ4v) is 2.68. The highest BCUT2D eigenvalue weighted by molar-refractivity contribution is 6.33. The second kappa shape index (κ2) is 4.59. The third kappa shape index (κ3) is 2.03. The van der Waals surface area contributed by atoms with Gasteiger partial charge in [-0.05, 0) is 6.42 Å². The van der Waals surface area contributed by atoms with Crippen molar-refractivity contribution in [1.82, 2.24) is 19.5 Å². The van der Waals surface area contributed by atoms with E-state index in [-0.39, 0.29) is 36.0 Å². The molecular weight excluding hydrogens is 270 g/mol. The van der Waals surface area contributed by atoms with Gasteiger partial charge in [0.25, 0.3) is 0 Å². The Labute approximate surface area is 114 Å². The van der Waals surface area contributed by atoms with Crippen LogP contribution in [0, 0.1) is 5.92 Å². The number of imidazole rings is 1. The Morgan fingerprint density at radius 1 is 1.58 bits per heavy atom. The number of aliphatic hydroxyl groups is 1. The lowest BCUT2D eigenvalue weighted by Crippen LogP contribution is -2.15. The molecule has 1 aliphatic rings. The van der Waals surface area contributed by atoms with Gasteiger partial charge in [-0.1, -0.05) is 18.5 Å². The predicted molar refractivity (Wildman–Crippen MR) is 69.5 cm³/mol. The summed E-state index contributed by atoms with van der Waals surface area (Å²) in [4.78, 5) is 12.2. The van der Waals surface area contributed by atoms with Crippen molar-refractivity contribution in [2.45, 2.75) is 25.7 Å². The fraction of sp³-hybridized carbons (Fsp3) is 0.545. The van der Waals surface area contributed by atoms with Crippen LogP contribution in [0.5, 0.6) is 0 Å². The smallest absolute Gasteiger partial charge is 0.223 e. The van der Waals surface area contributed by atoms with Gasteiger partial charge in [-0.15, -0.1) is 0 Å². The third-order valence-corrected chi connectivity index (χ3v) is 3.59. The van der Waals surface area contributed by atoms with E-state index in [1.165, 1.54) is 0 Å². The number of anilines is 1. The molecule has 0 aromatic carbocycles. The molecule has 3 atom stereocenters. The number of aliphatic hydroxyl groups excluding tert-OH is 1. The van der Waals surface area contributed by atoms with Gasteiger partial charge < -0.3 is 15.6 Å². The minimum Gasteiger partial charge on any atom is -0.394 e. The van der Waals surface area contributed by atoms with Gasteiger partial charge >= 0.3 is 0 Å². The summed E-state index contributed by atoms with van der Waals surface area (Å²) in [5.74, 6) is 0.341. The van der Waals surface area contributed by atoms with E-state index >= 15 is 0 Å². The van der Waals surface area contributed by atoms with Crippen molar-refractivity contribution in [3.8, 4) is 0 Å². The van der Waals surface area contributed by atoms with Crippen LogP contribution in [0.25, 0.3) is 11.2 Å². The summed E-state index contributed by atoms with van der Waals surface area (Å²) in [6, 6.07) is 0. The van der Waals surface area contributed by atoms with Gasteiger partial charge in [-0.25, -0.2) is 4.98 Å². The maximum Gasteiger partial charge on any atom is 0.223 e. The van der Waals surface area contributed by atoms with E-state index in [0.29, 0.717) is 11.2 Å². The van der Waals surface area contributed by atoms with E-state index < -0.39 is 0 Å². The van der Waals surface area contributed by atoms with Crippen molar-refractivity contribution < 1.29 is 9.84 Å². The van der Waals surface area contributed by atoms with Crippen molar-refractivity contribution in [3.63, 3.8) is 0 Å². The van der Waals surface area contributed by atoms with Gasteiger partial charge in [0.2, 0.25) is 5.95 Å². The first-order valence-electron chi connectivity index (χ1n) is 6.02. The molecule has 0 unspecified atom stereocenters. The quantitative estimate of drug-likeness (QED) is 0.797. The van der Waals surface area contributed by atoms with E-state index in [4.69, 9.17) is 22.1 Å². The minimum absolute atomic E-state index is 0.00531. The van der Waals surface area contributed by atoms with Crippen LogP contribution in [-0.2, 0) is 4.74 Å². The van der Waals surface area contributed by atoms with Gasteiger partial charge in [-0.3, -0.25) is 4.57 Å². The lowest BCUT2D eigenvalue weighted by molar-refractivity contribution is -0.0294. The molecule has 8 heteroatoms. The van der Waals surface area contributed by atoms with Gasteiger partial charge in [0.15, 0.2) is 10.8 Å². The number of halogens is 1. The number of aromatic nitrogens is 4. The number of fused-ring (bicyclic) bond motifs is 1. The molecular formula is C11H14ClN5O2. The summed E-state index contributed by atoms with van der Waals surface area (Å²) in [5.41, 5.74) is 6.66. The third-order valence-electron chi connectivity index (χ3n) is 3.33. The Bertz CT molecular complexity index is 616. The van der Waals surface area contributed by atoms with Crippen LogP contribution in [0.2, 0.25) is 5.15 Å². The van der Waals surface area contributed by atoms with Crippen molar-refractivity contribution >= 4 is 28.7 Å². The van der Waals surface area contributed by atoms with Crippen molar-refractivity contribution in [3.05, 3.63) is 11.5 Å². The maximum atomic E-state index is 9.18. The summed E-state index contributed by atoms with van der Waals surface area (Å²) in [6.07, 6.45) is 2.01. The average molecular weight is 284 g/mol. The topological polar surface area (TPSA) is 99.1 Å². The highest BCUT2D eigenvalue weighted by Crippen LogP contribution is 2.36. The molecule has 0 bridgehead atoms. The van der Waals surface area contributed by atoms with Crippen LogP contribution in [-0.4, -0.2) is 37.3 Å². The Morgan fingerprint density at radius 2 is 2.37 bits per heavy atom. The van der Waals surface area contributed by atoms with E-state index in [2.05, 4.69) is 21.9 Å². The minimum atomic E-state index is -0.229. The number of nitrogen functional groups attached to an aromatic ring is 1. The molecule has 3 rings (SSSR count). The van der Waals surface area contributed by atoms with E-state index in [9.17, 15) is 5.11 Å². The molecule has 1 fully saturated rings. The lowest BCUT2D eigenvalue weighted by atomic mass is 10.1. The van der Waals surface area contributed by atoms with Crippen LogP contribution >= 0.6 is 11.6 Å². The number of nitrogens with two attached hydrogens (primary N) is 1. The molecule has 1 saturated heterocycles. The molecule has 2 aromatic rings. The lowest BCUT2D eigenvalue weighted by Gasteiger charge is -2.17. The molecule has 0 amide bonds. The second-order valence-electron chi connectivity index (χ2n) is 4.74. The number of rotatable bonds is 2. The summed E-state index contributed by atoms with van der Waals surface area (Å²) < 4.78 is 7.57. The van der Waals surface area contributed by atoms with Gasteiger partial charge in [0.05, 0.1) is 19.0 Å². The molecule has 0 aliphatic carbocycles. The van der Waals surface area contributed by atoms with Gasteiger partial charge in [0, 0.05) is 5.92 Å². The molecule has 19 heavy (non-hydrogen) atoms. The summed E-state index contributed by atoms with van der Waals surface area (Å²) in [7, 11) is 0. The van der Waals surface area contributed by atoms with Crippen molar-refractivity contribution in [2.24, 2.45) is 5.92 Å². The molecule has 0 saturated carbocycles. The standard InChI is InChI=1S/C11H14ClN5O2/c1-5-2-6(3-18)19-10(5)17-4-14-7-8(12)15-11(13)16-9(7)17/h4-6,10,18H,2-3H2,1H3,(H2,13,15,16)/t5-,6+,10-/m1/s1. The van der Waals surface area contributed by atoms with Crippen LogP contribution in [0.3, 0.4) is 0 Å². The highest BCUT2D eigenvalue weighted by atomic mass is 35.5. The van der Waals surface area contributed by atoms with E-state index in [1.807, 2.05) is 0 Å². The monoisotopic (exact) mass is 283 g/mol. The maximum absolute atomic E-state index is 9.18. The van der Waals surface area contributed by atoms with Crippen LogP contribution in [0.1, 0.15) is 19.6 Å². The van der Waals surface area contributed by atoms with Crippen molar-refractivity contribution in [2.75, 3.05) is 12.3 Å². The number of hydrogen-bond donors (Lipinski definition) is 2. The average Bonchev–Trinajstić information content (AvgIpc) is 2.92. The SMILES string of the molecule is C[C@@H]1C[C@@H](CO)O[C@H]1n1cnc2c(Cl)nc(N)nc21. The molecule has 2 aromatic heterocycles. The second-order valence-corrected chi connectivity index (χ2v) is 5.10. The molecule has 0 radical (unpaired) electrons. The zero-order valence-electron chi connectivity index (χ0n) is 10.3. The molecule has 1 aliphatic heterocycles. The normalized spacial score (nSPS) is 27.2. The predicted octanol–water partition coefficient (Wildman–Crippen LogP) is 0.978. The fourth-order valence-electron chi connectivity index (χ4n) is 2.46. The number of nitrogens with zero attached hydrogens (tertiary/aromatic N) is 4. The Kier molecular flexibility index (Phi) is 3.04. The first kappa shape index (κ1) is 12.6. The summed E-state index contributed by atoms with van der Waals surface area (Å²) in [5, 5.41) is 9.41. The van der Waals surface area contributed by atoms with Gasteiger partial charge in [-0.2, -0.15) is 9.97 Å². The Balaban J connectivity index is 2.06. The number of ether oxygens (including phenoxy) is 1. The van der Waals surface area contributed by atoms with Gasteiger partial charge in [0.1, 0.15) is 11.7 Å². The number of hydrogen-bond acceptors (Lipinski definition) is 6. The highest BCUT2D eigenvalue weighted by Gasteiger charge is 2.34.